The summed E-state index contributed by atoms with van der Waals surface area (Å²) in [6.45, 7) is 10.9. The second-order valence-electron chi connectivity index (χ2n) is 6.13. The van der Waals surface area contributed by atoms with Gasteiger partial charge in [-0.15, -0.1) is 24.0 Å². The lowest BCUT2D eigenvalue weighted by molar-refractivity contribution is -0.123. The van der Waals surface area contributed by atoms with E-state index in [1.807, 2.05) is 6.92 Å². The molecule has 1 heterocycles. The lowest BCUT2D eigenvalue weighted by Crippen LogP contribution is -2.43. The van der Waals surface area contributed by atoms with E-state index in [4.69, 9.17) is 10.5 Å². The summed E-state index contributed by atoms with van der Waals surface area (Å²) in [6.07, 6.45) is 3.95. The number of hydrogen-bond donors (Lipinski definition) is 3. The van der Waals surface area contributed by atoms with Gasteiger partial charge in [-0.25, -0.2) is 0 Å². The smallest absolute Gasteiger partial charge is 0.221 e. The summed E-state index contributed by atoms with van der Waals surface area (Å²) in [7, 11) is 0. The first-order valence-corrected chi connectivity index (χ1v) is 9.29. The minimum Gasteiger partial charge on any atom is -0.382 e. The lowest BCUT2D eigenvalue weighted by Gasteiger charge is -2.31. The molecule has 1 saturated heterocycles. The molecule has 1 amide bonds. The summed E-state index contributed by atoms with van der Waals surface area (Å²) in [6, 6.07) is 0. The second-order valence-corrected chi connectivity index (χ2v) is 6.13. The third-order valence-electron chi connectivity index (χ3n) is 4.12. The van der Waals surface area contributed by atoms with Gasteiger partial charge >= 0.3 is 0 Å². The van der Waals surface area contributed by atoms with Crippen molar-refractivity contribution >= 4 is 35.8 Å². The predicted octanol–water partition coefficient (Wildman–Crippen LogP) is 1.17. The van der Waals surface area contributed by atoms with Gasteiger partial charge in [0.1, 0.15) is 0 Å². The SMILES string of the molecule is CCNC(=NCCCOCC)NCCCN1CCCC(C(N)=O)C1.I. The molecule has 0 aliphatic carbocycles. The summed E-state index contributed by atoms with van der Waals surface area (Å²) < 4.78 is 5.32. The van der Waals surface area contributed by atoms with Crippen LogP contribution in [-0.4, -0.2) is 69.2 Å². The lowest BCUT2D eigenvalue weighted by atomic mass is 9.97. The maximum Gasteiger partial charge on any atom is 0.221 e. The van der Waals surface area contributed by atoms with Crippen molar-refractivity contribution in [1.29, 1.82) is 0 Å². The van der Waals surface area contributed by atoms with Gasteiger partial charge in [0.2, 0.25) is 5.91 Å². The number of primary amides is 1. The van der Waals surface area contributed by atoms with Crippen LogP contribution < -0.4 is 16.4 Å². The Kier molecular flexibility index (Phi) is 15.2. The van der Waals surface area contributed by atoms with Gasteiger partial charge in [-0.3, -0.25) is 9.79 Å². The molecule has 0 spiro atoms. The van der Waals surface area contributed by atoms with Gasteiger partial charge in [0.15, 0.2) is 5.96 Å². The third kappa shape index (κ3) is 11.6. The van der Waals surface area contributed by atoms with Gasteiger partial charge in [0.25, 0.3) is 0 Å². The van der Waals surface area contributed by atoms with Gasteiger partial charge in [0, 0.05) is 39.4 Å². The number of halogens is 1. The number of nitrogens with zero attached hydrogens (tertiary/aromatic N) is 2. The standard InChI is InChI=1S/C17H35N5O2.HI/c1-3-19-17(21-10-7-13-24-4-2)20-9-6-12-22-11-5-8-15(14-22)16(18)23;/h15H,3-14H2,1-2H3,(H2,18,23)(H2,19,20,21);1H. The number of guanidine groups is 1. The Morgan fingerprint density at radius 1 is 1.32 bits per heavy atom. The first-order valence-electron chi connectivity index (χ1n) is 9.29. The fraction of sp³-hybridized carbons (Fsp3) is 0.882. The predicted molar refractivity (Wildman–Crippen MR) is 113 cm³/mol. The second kappa shape index (κ2) is 15.6. The topological polar surface area (TPSA) is 92.0 Å². The maximum atomic E-state index is 11.3. The van der Waals surface area contributed by atoms with Crippen LogP contribution in [0.3, 0.4) is 0 Å². The molecular formula is C17H36IN5O2. The molecular weight excluding hydrogens is 433 g/mol. The van der Waals surface area contributed by atoms with Crippen molar-refractivity contribution in [2.45, 2.75) is 39.5 Å². The van der Waals surface area contributed by atoms with E-state index < -0.39 is 0 Å². The zero-order chi connectivity index (χ0) is 17.6. The Morgan fingerprint density at radius 3 is 2.80 bits per heavy atom. The highest BCUT2D eigenvalue weighted by atomic mass is 127. The number of piperidine rings is 1. The number of aliphatic imine (C=N–C) groups is 1. The molecule has 1 fully saturated rings. The monoisotopic (exact) mass is 469 g/mol. The molecule has 1 aliphatic rings. The van der Waals surface area contributed by atoms with Crippen LogP contribution in [-0.2, 0) is 9.53 Å². The number of rotatable bonds is 11. The highest BCUT2D eigenvalue weighted by Gasteiger charge is 2.23. The average molecular weight is 469 g/mol. The Morgan fingerprint density at radius 2 is 2.12 bits per heavy atom. The fourth-order valence-corrected chi connectivity index (χ4v) is 2.84. The molecule has 148 valence electrons. The van der Waals surface area contributed by atoms with Crippen LogP contribution in [0.2, 0.25) is 0 Å². The first-order chi connectivity index (χ1) is 11.7. The highest BCUT2D eigenvalue weighted by Crippen LogP contribution is 2.15. The summed E-state index contributed by atoms with van der Waals surface area (Å²) in [5, 5.41) is 6.62. The van der Waals surface area contributed by atoms with Crippen molar-refractivity contribution in [3.8, 4) is 0 Å². The van der Waals surface area contributed by atoms with Crippen LogP contribution in [0.1, 0.15) is 39.5 Å². The summed E-state index contributed by atoms with van der Waals surface area (Å²) in [5.74, 6) is 0.727. The van der Waals surface area contributed by atoms with Crippen LogP contribution in [0.15, 0.2) is 4.99 Å². The van der Waals surface area contributed by atoms with E-state index in [1.165, 1.54) is 0 Å². The van der Waals surface area contributed by atoms with Crippen LogP contribution in [0.5, 0.6) is 0 Å². The molecule has 1 aliphatic heterocycles. The van der Waals surface area contributed by atoms with E-state index in [9.17, 15) is 4.79 Å². The molecule has 0 radical (unpaired) electrons. The Balaban J connectivity index is 0.00000576. The maximum absolute atomic E-state index is 11.3. The van der Waals surface area contributed by atoms with E-state index in [1.54, 1.807) is 0 Å². The quantitative estimate of drug-likeness (QED) is 0.183. The van der Waals surface area contributed by atoms with Crippen LogP contribution >= 0.6 is 24.0 Å². The number of nitrogens with one attached hydrogen (secondary N) is 2. The zero-order valence-electron chi connectivity index (χ0n) is 15.8. The van der Waals surface area contributed by atoms with Crippen molar-refractivity contribution in [3.05, 3.63) is 0 Å². The average Bonchev–Trinajstić information content (AvgIpc) is 2.58. The van der Waals surface area contributed by atoms with Crippen LogP contribution in [0, 0.1) is 5.92 Å². The molecule has 0 aromatic rings. The molecule has 0 saturated carbocycles. The van der Waals surface area contributed by atoms with Crippen molar-refractivity contribution in [2.75, 3.05) is 52.5 Å². The molecule has 4 N–H and O–H groups in total. The zero-order valence-corrected chi connectivity index (χ0v) is 18.1. The molecule has 0 aromatic heterocycles. The Hall–Kier alpha value is -0.610. The van der Waals surface area contributed by atoms with Crippen molar-refractivity contribution in [2.24, 2.45) is 16.6 Å². The van der Waals surface area contributed by atoms with E-state index in [0.29, 0.717) is 0 Å². The van der Waals surface area contributed by atoms with Gasteiger partial charge in [-0.2, -0.15) is 0 Å². The molecule has 0 bridgehead atoms. The molecule has 7 nitrogen and oxygen atoms in total. The minimum atomic E-state index is -0.161. The molecule has 1 rings (SSSR count). The molecule has 8 heteroatoms. The van der Waals surface area contributed by atoms with Crippen molar-refractivity contribution < 1.29 is 9.53 Å². The minimum absolute atomic E-state index is 0. The van der Waals surface area contributed by atoms with Gasteiger partial charge in [-0.1, -0.05) is 0 Å². The van der Waals surface area contributed by atoms with Gasteiger partial charge < -0.3 is 26.0 Å². The van der Waals surface area contributed by atoms with E-state index >= 15 is 0 Å². The molecule has 25 heavy (non-hydrogen) atoms. The van der Waals surface area contributed by atoms with E-state index in [0.717, 1.165) is 84.1 Å². The van der Waals surface area contributed by atoms with Crippen molar-refractivity contribution in [3.63, 3.8) is 0 Å². The first kappa shape index (κ1) is 24.4. The summed E-state index contributed by atoms with van der Waals surface area (Å²) >= 11 is 0. The molecule has 0 aromatic carbocycles. The molecule has 1 unspecified atom stereocenters. The van der Waals surface area contributed by atoms with Gasteiger partial charge in [-0.05, 0) is 52.6 Å². The largest absolute Gasteiger partial charge is 0.382 e. The summed E-state index contributed by atoms with van der Waals surface area (Å²) in [4.78, 5) is 18.2. The summed E-state index contributed by atoms with van der Waals surface area (Å²) in [5.41, 5.74) is 5.42. The van der Waals surface area contributed by atoms with E-state index in [-0.39, 0.29) is 35.8 Å². The number of hydrogen-bond acceptors (Lipinski definition) is 4. The number of carbonyl (C=O) groups excluding carboxylic acids is 1. The third-order valence-corrected chi connectivity index (χ3v) is 4.12. The number of nitrogens with two attached hydrogens (primary N) is 1. The number of ether oxygens (including phenoxy) is 1. The Bertz CT molecular complexity index is 382. The number of carbonyl (C=O) groups is 1. The Labute approximate surface area is 169 Å². The number of amides is 1. The van der Waals surface area contributed by atoms with Crippen molar-refractivity contribution in [1.82, 2.24) is 15.5 Å². The van der Waals surface area contributed by atoms with Gasteiger partial charge in [0.05, 0.1) is 5.92 Å². The fourth-order valence-electron chi connectivity index (χ4n) is 2.84. The van der Waals surface area contributed by atoms with Crippen LogP contribution in [0.4, 0.5) is 0 Å². The normalized spacial score (nSPS) is 18.5. The van der Waals surface area contributed by atoms with E-state index in [2.05, 4.69) is 27.4 Å². The highest BCUT2D eigenvalue weighted by molar-refractivity contribution is 14.0. The van der Waals surface area contributed by atoms with Crippen LogP contribution in [0.25, 0.3) is 0 Å². The molecule has 1 atom stereocenters. The number of likely N-dealkylation sites (tertiary alicyclic amines) is 1.